The maximum absolute atomic E-state index is 2.48. The molecule has 0 N–H and O–H groups in total. The van der Waals surface area contributed by atoms with Crippen LogP contribution in [0.5, 0.6) is 0 Å². The molecule has 1 aliphatic rings. The van der Waals surface area contributed by atoms with E-state index in [4.69, 9.17) is 0 Å². The Morgan fingerprint density at radius 1 is 0.900 bits per heavy atom. The minimum absolute atomic E-state index is 1.14. The highest BCUT2D eigenvalue weighted by atomic mass is 14.2. The lowest BCUT2D eigenvalue weighted by atomic mass is 9.93. The summed E-state index contributed by atoms with van der Waals surface area (Å²) < 4.78 is 0. The molecule has 1 aliphatic carbocycles. The van der Waals surface area contributed by atoms with Crippen molar-refractivity contribution >= 4 is 5.57 Å². The first-order chi connectivity index (χ1) is 9.76. The lowest BCUT2D eigenvalue weighted by Gasteiger charge is -2.12. The molecule has 0 nitrogen and oxygen atoms in total. The van der Waals surface area contributed by atoms with Crippen molar-refractivity contribution in [2.75, 3.05) is 0 Å². The van der Waals surface area contributed by atoms with Crippen LogP contribution in [-0.2, 0) is 0 Å². The van der Waals surface area contributed by atoms with Gasteiger partial charge in [0.1, 0.15) is 0 Å². The predicted octanol–water partition coefficient (Wildman–Crippen LogP) is 6.46. The molecule has 20 heavy (non-hydrogen) atoms. The minimum atomic E-state index is 1.14. The molecule has 0 spiro atoms. The zero-order valence-electron chi connectivity index (χ0n) is 13.3. The molecule has 1 aromatic rings. The Morgan fingerprint density at radius 3 is 2.20 bits per heavy atom. The Balaban J connectivity index is 2.24. The molecule has 0 amide bonds. The van der Waals surface area contributed by atoms with Crippen molar-refractivity contribution in [3.8, 4) is 0 Å². The highest BCUT2D eigenvalue weighted by Crippen LogP contribution is 2.38. The Labute approximate surface area is 124 Å². The third kappa shape index (κ3) is 3.62. The average molecular weight is 268 g/mol. The fraction of sp³-hybridized carbons (Fsp3) is 0.500. The number of hydrogen-bond acceptors (Lipinski definition) is 0. The second-order valence-corrected chi connectivity index (χ2v) is 5.96. The van der Waals surface area contributed by atoms with Crippen LogP contribution >= 0.6 is 0 Å². The van der Waals surface area contributed by atoms with Gasteiger partial charge >= 0.3 is 0 Å². The standard InChI is InChI=1S/C20H28/c1-4-6-8-17-14-15-20(19(17)9-7-5-2)18-12-10-16(3)11-13-18/h10-14H,4-9,15H2,1-3H3. The van der Waals surface area contributed by atoms with E-state index in [2.05, 4.69) is 51.1 Å². The van der Waals surface area contributed by atoms with Crippen molar-refractivity contribution in [2.45, 2.75) is 65.7 Å². The van der Waals surface area contributed by atoms with E-state index in [0.717, 1.165) is 6.42 Å². The Hall–Kier alpha value is -1.30. The van der Waals surface area contributed by atoms with Crippen molar-refractivity contribution in [1.82, 2.24) is 0 Å². The van der Waals surface area contributed by atoms with Gasteiger partial charge in [0.15, 0.2) is 0 Å². The van der Waals surface area contributed by atoms with Crippen LogP contribution < -0.4 is 0 Å². The molecule has 0 fully saturated rings. The SMILES string of the molecule is CCCCC1=CCC(c2ccc(C)cc2)=C1CCCC. The Kier molecular flexibility index (Phi) is 5.64. The molecule has 0 aliphatic heterocycles. The Morgan fingerprint density at radius 2 is 1.55 bits per heavy atom. The summed E-state index contributed by atoms with van der Waals surface area (Å²) in [6, 6.07) is 9.08. The van der Waals surface area contributed by atoms with Crippen molar-refractivity contribution in [3.05, 3.63) is 52.6 Å². The van der Waals surface area contributed by atoms with E-state index >= 15 is 0 Å². The van der Waals surface area contributed by atoms with Crippen LogP contribution in [0.1, 0.15) is 69.9 Å². The number of unbranched alkanes of at least 4 members (excludes halogenated alkanes) is 2. The van der Waals surface area contributed by atoms with Crippen LogP contribution in [0.2, 0.25) is 0 Å². The molecular formula is C20H28. The second-order valence-electron chi connectivity index (χ2n) is 5.96. The van der Waals surface area contributed by atoms with Gasteiger partial charge in [-0.1, -0.05) is 62.6 Å². The molecule has 0 saturated heterocycles. The van der Waals surface area contributed by atoms with E-state index in [1.165, 1.54) is 49.7 Å². The van der Waals surface area contributed by atoms with Gasteiger partial charge in [-0.2, -0.15) is 0 Å². The maximum atomic E-state index is 2.48. The summed E-state index contributed by atoms with van der Waals surface area (Å²) >= 11 is 0. The smallest absolute Gasteiger partial charge is 0.00827 e. The van der Waals surface area contributed by atoms with Crippen LogP contribution in [-0.4, -0.2) is 0 Å². The molecule has 108 valence electrons. The van der Waals surface area contributed by atoms with E-state index in [-0.39, 0.29) is 0 Å². The van der Waals surface area contributed by atoms with Gasteiger partial charge in [-0.15, -0.1) is 0 Å². The van der Waals surface area contributed by atoms with Crippen LogP contribution in [0, 0.1) is 6.92 Å². The van der Waals surface area contributed by atoms with E-state index in [1.807, 2.05) is 0 Å². The van der Waals surface area contributed by atoms with Gasteiger partial charge in [0.25, 0.3) is 0 Å². The van der Waals surface area contributed by atoms with Gasteiger partial charge < -0.3 is 0 Å². The number of allylic oxidation sites excluding steroid dienone is 4. The van der Waals surface area contributed by atoms with Gasteiger partial charge in [-0.25, -0.2) is 0 Å². The van der Waals surface area contributed by atoms with Gasteiger partial charge in [-0.3, -0.25) is 0 Å². The topological polar surface area (TPSA) is 0 Å². The van der Waals surface area contributed by atoms with Crippen molar-refractivity contribution < 1.29 is 0 Å². The van der Waals surface area contributed by atoms with Crippen LogP contribution in [0.4, 0.5) is 0 Å². The number of benzene rings is 1. The summed E-state index contributed by atoms with van der Waals surface area (Å²) in [5, 5.41) is 0. The van der Waals surface area contributed by atoms with Gasteiger partial charge in [0, 0.05) is 0 Å². The van der Waals surface area contributed by atoms with Crippen molar-refractivity contribution in [3.63, 3.8) is 0 Å². The summed E-state index contributed by atoms with van der Waals surface area (Å²) in [4.78, 5) is 0. The van der Waals surface area contributed by atoms with E-state index in [0.29, 0.717) is 0 Å². The first-order valence-corrected chi connectivity index (χ1v) is 8.24. The van der Waals surface area contributed by atoms with Gasteiger partial charge in [0.2, 0.25) is 0 Å². The molecule has 0 atom stereocenters. The molecule has 2 rings (SSSR count). The summed E-state index contributed by atoms with van der Waals surface area (Å²) in [7, 11) is 0. The summed E-state index contributed by atoms with van der Waals surface area (Å²) in [5.41, 5.74) is 7.66. The number of hydrogen-bond donors (Lipinski definition) is 0. The average Bonchev–Trinajstić information content (AvgIpc) is 2.86. The van der Waals surface area contributed by atoms with Gasteiger partial charge in [0.05, 0.1) is 0 Å². The summed E-state index contributed by atoms with van der Waals surface area (Å²) in [6.45, 7) is 6.73. The van der Waals surface area contributed by atoms with Crippen molar-refractivity contribution in [1.29, 1.82) is 0 Å². The highest BCUT2D eigenvalue weighted by Gasteiger charge is 2.17. The van der Waals surface area contributed by atoms with Gasteiger partial charge in [-0.05, 0) is 61.3 Å². The molecule has 0 bridgehead atoms. The third-order valence-corrected chi connectivity index (χ3v) is 4.28. The number of rotatable bonds is 7. The molecule has 0 radical (unpaired) electrons. The molecular weight excluding hydrogens is 240 g/mol. The van der Waals surface area contributed by atoms with E-state index in [9.17, 15) is 0 Å². The van der Waals surface area contributed by atoms with E-state index < -0.39 is 0 Å². The van der Waals surface area contributed by atoms with Crippen LogP contribution in [0.15, 0.2) is 41.5 Å². The van der Waals surface area contributed by atoms with E-state index in [1.54, 1.807) is 16.7 Å². The maximum Gasteiger partial charge on any atom is -0.00827 e. The quantitative estimate of drug-likeness (QED) is 0.532. The second kappa shape index (κ2) is 7.47. The zero-order chi connectivity index (χ0) is 14.4. The molecule has 0 unspecified atom stereocenters. The molecule has 1 aromatic carbocycles. The lowest BCUT2D eigenvalue weighted by Crippen LogP contribution is -1.92. The molecule has 0 saturated carbocycles. The fourth-order valence-corrected chi connectivity index (χ4v) is 3.00. The summed E-state index contributed by atoms with van der Waals surface area (Å²) in [6.07, 6.45) is 11.4. The van der Waals surface area contributed by atoms with Crippen LogP contribution in [0.3, 0.4) is 0 Å². The Bertz CT molecular complexity index is 485. The van der Waals surface area contributed by atoms with Crippen molar-refractivity contribution in [2.24, 2.45) is 0 Å². The monoisotopic (exact) mass is 268 g/mol. The molecule has 0 heteroatoms. The first-order valence-electron chi connectivity index (χ1n) is 8.24. The highest BCUT2D eigenvalue weighted by molar-refractivity contribution is 5.77. The molecule has 0 heterocycles. The lowest BCUT2D eigenvalue weighted by molar-refractivity contribution is 0.757. The largest absolute Gasteiger partial charge is 0.0766 e. The molecule has 0 aromatic heterocycles. The fourth-order valence-electron chi connectivity index (χ4n) is 3.00. The predicted molar refractivity (Wildman–Crippen MR) is 89.8 cm³/mol. The van der Waals surface area contributed by atoms with Crippen LogP contribution in [0.25, 0.3) is 5.57 Å². The normalized spacial score (nSPS) is 14.8. The third-order valence-electron chi connectivity index (χ3n) is 4.28. The minimum Gasteiger partial charge on any atom is -0.0766 e. The first kappa shape index (κ1) is 15.1. The summed E-state index contributed by atoms with van der Waals surface area (Å²) in [5.74, 6) is 0. The number of aryl methyl sites for hydroxylation is 1. The zero-order valence-corrected chi connectivity index (χ0v) is 13.3.